The number of aromatic nitrogens is 2. The first-order chi connectivity index (χ1) is 10.9. The fourth-order valence-corrected chi connectivity index (χ4v) is 2.31. The Labute approximate surface area is 140 Å². The molecule has 0 radical (unpaired) electrons. The second-order valence-electron chi connectivity index (χ2n) is 5.44. The third kappa shape index (κ3) is 4.56. The van der Waals surface area contributed by atoms with Gasteiger partial charge in [0.05, 0.1) is 11.7 Å². The largest absolute Gasteiger partial charge is 0.491 e. The maximum absolute atomic E-state index is 11.6. The average Bonchev–Trinajstić information content (AvgIpc) is 2.46. The molecule has 1 aromatic carbocycles. The minimum atomic E-state index is -0.597. The van der Waals surface area contributed by atoms with Crippen molar-refractivity contribution in [3.63, 3.8) is 0 Å². The molecule has 1 amide bonds. The van der Waals surface area contributed by atoms with Gasteiger partial charge in [0.2, 0.25) is 0 Å². The number of hydrogen-bond acceptors (Lipinski definition) is 5. The predicted octanol–water partition coefficient (Wildman–Crippen LogP) is 2.65. The number of halogens is 1. The molecule has 122 valence electrons. The van der Waals surface area contributed by atoms with Crippen LogP contribution in [-0.4, -0.2) is 29.3 Å². The second-order valence-corrected chi connectivity index (χ2v) is 5.83. The van der Waals surface area contributed by atoms with Gasteiger partial charge in [-0.2, -0.15) is 0 Å². The van der Waals surface area contributed by atoms with E-state index >= 15 is 0 Å². The molecule has 1 aromatic heterocycles. The maximum Gasteiger partial charge on any atom is 0.252 e. The zero-order valence-corrected chi connectivity index (χ0v) is 14.0. The summed E-state index contributed by atoms with van der Waals surface area (Å²) in [5.41, 5.74) is 6.63. The van der Waals surface area contributed by atoms with E-state index in [0.717, 1.165) is 11.3 Å². The maximum atomic E-state index is 11.6. The number of rotatable bonds is 6. The monoisotopic (exact) mass is 334 g/mol. The molecule has 2 aromatic rings. The number of anilines is 1. The minimum absolute atomic E-state index is 0.103. The molecule has 7 heteroatoms. The van der Waals surface area contributed by atoms with Gasteiger partial charge in [-0.25, -0.2) is 0 Å². The van der Waals surface area contributed by atoms with E-state index in [-0.39, 0.29) is 16.8 Å². The fraction of sp³-hybridized carbons (Fsp3) is 0.312. The van der Waals surface area contributed by atoms with E-state index < -0.39 is 5.91 Å². The van der Waals surface area contributed by atoms with Gasteiger partial charge >= 0.3 is 0 Å². The lowest BCUT2D eigenvalue weighted by Gasteiger charge is -2.20. The van der Waals surface area contributed by atoms with Crippen LogP contribution in [0, 0.1) is 0 Å². The summed E-state index contributed by atoms with van der Waals surface area (Å²) < 4.78 is 5.68. The Hall–Kier alpha value is -2.34. The number of amides is 1. The highest BCUT2D eigenvalue weighted by molar-refractivity contribution is 6.29. The fourth-order valence-electron chi connectivity index (χ4n) is 2.16. The van der Waals surface area contributed by atoms with Crippen LogP contribution in [0.4, 0.5) is 5.82 Å². The number of benzene rings is 1. The van der Waals surface area contributed by atoms with Crippen molar-refractivity contribution in [1.29, 1.82) is 0 Å². The first kappa shape index (κ1) is 17.0. The molecule has 0 bridgehead atoms. The number of carbonyl (C=O) groups is 1. The van der Waals surface area contributed by atoms with Gasteiger partial charge in [0.15, 0.2) is 11.0 Å². The lowest BCUT2D eigenvalue weighted by Crippen LogP contribution is -2.24. The van der Waals surface area contributed by atoms with E-state index in [4.69, 9.17) is 22.1 Å². The van der Waals surface area contributed by atoms with E-state index in [9.17, 15) is 4.79 Å². The highest BCUT2D eigenvalue weighted by Crippen LogP contribution is 2.21. The van der Waals surface area contributed by atoms with Gasteiger partial charge in [-0.1, -0.05) is 23.7 Å². The molecule has 2 rings (SSSR count). The molecule has 1 heterocycles. The number of hydrogen-bond donors (Lipinski definition) is 1. The Bertz CT molecular complexity index is 706. The number of ether oxygens (including phenoxy) is 1. The molecule has 0 fully saturated rings. The topological polar surface area (TPSA) is 81.3 Å². The van der Waals surface area contributed by atoms with Crippen LogP contribution in [0.3, 0.4) is 0 Å². The molecule has 0 saturated heterocycles. The first-order valence-electron chi connectivity index (χ1n) is 7.16. The molecule has 0 aliphatic heterocycles. The average molecular weight is 335 g/mol. The molecule has 0 atom stereocenters. The lowest BCUT2D eigenvalue weighted by atomic mass is 10.2. The van der Waals surface area contributed by atoms with E-state index in [0.29, 0.717) is 12.4 Å². The third-order valence-corrected chi connectivity index (χ3v) is 3.25. The quantitative estimate of drug-likeness (QED) is 0.878. The highest BCUT2D eigenvalue weighted by Gasteiger charge is 2.16. The van der Waals surface area contributed by atoms with E-state index in [1.807, 2.05) is 38.1 Å². The summed E-state index contributed by atoms with van der Waals surface area (Å²) in [5, 5.41) is 7.89. The summed E-state index contributed by atoms with van der Waals surface area (Å²) in [7, 11) is 1.81. The molecule has 6 nitrogen and oxygen atoms in total. The Kier molecular flexibility index (Phi) is 5.39. The van der Waals surface area contributed by atoms with Gasteiger partial charge in [0, 0.05) is 13.6 Å². The zero-order chi connectivity index (χ0) is 17.0. The number of primary amides is 1. The van der Waals surface area contributed by atoms with Gasteiger partial charge in [0.1, 0.15) is 5.75 Å². The van der Waals surface area contributed by atoms with Gasteiger partial charge in [-0.05, 0) is 37.6 Å². The van der Waals surface area contributed by atoms with Crippen LogP contribution in [0.5, 0.6) is 5.75 Å². The van der Waals surface area contributed by atoms with Crippen molar-refractivity contribution >= 4 is 23.3 Å². The molecule has 0 unspecified atom stereocenters. The summed E-state index contributed by atoms with van der Waals surface area (Å²) in [5.74, 6) is 0.584. The van der Waals surface area contributed by atoms with Gasteiger partial charge in [0.25, 0.3) is 5.91 Å². The van der Waals surface area contributed by atoms with E-state index in [2.05, 4.69) is 10.2 Å². The van der Waals surface area contributed by atoms with Crippen LogP contribution in [0.15, 0.2) is 30.3 Å². The smallest absolute Gasteiger partial charge is 0.252 e. The van der Waals surface area contributed by atoms with Crippen LogP contribution in [0.2, 0.25) is 5.15 Å². The zero-order valence-electron chi connectivity index (χ0n) is 13.3. The molecular formula is C16H19ClN4O2. The number of nitrogens with zero attached hydrogens (tertiary/aromatic N) is 3. The third-order valence-electron chi connectivity index (χ3n) is 3.06. The molecular weight excluding hydrogens is 316 g/mol. The van der Waals surface area contributed by atoms with Crippen molar-refractivity contribution in [2.24, 2.45) is 5.73 Å². The summed E-state index contributed by atoms with van der Waals surface area (Å²) in [6, 6.07) is 9.16. The van der Waals surface area contributed by atoms with Crippen molar-refractivity contribution in [3.8, 4) is 5.75 Å². The van der Waals surface area contributed by atoms with Crippen molar-refractivity contribution in [3.05, 3.63) is 46.6 Å². The molecule has 2 N–H and O–H groups in total. The van der Waals surface area contributed by atoms with Crippen LogP contribution >= 0.6 is 11.6 Å². The molecule has 0 aliphatic carbocycles. The first-order valence-corrected chi connectivity index (χ1v) is 7.54. The van der Waals surface area contributed by atoms with E-state index in [1.54, 1.807) is 11.9 Å². The summed E-state index contributed by atoms with van der Waals surface area (Å²) in [4.78, 5) is 13.3. The van der Waals surface area contributed by atoms with E-state index in [1.165, 1.54) is 6.07 Å². The van der Waals surface area contributed by atoms with Crippen molar-refractivity contribution in [2.75, 3.05) is 11.9 Å². The second kappa shape index (κ2) is 7.28. The minimum Gasteiger partial charge on any atom is -0.491 e. The Morgan fingerprint density at radius 2 is 2.09 bits per heavy atom. The lowest BCUT2D eigenvalue weighted by molar-refractivity contribution is 0.1000. The van der Waals surface area contributed by atoms with Crippen molar-refractivity contribution < 1.29 is 9.53 Å². The van der Waals surface area contributed by atoms with Crippen LogP contribution in [-0.2, 0) is 6.54 Å². The van der Waals surface area contributed by atoms with Gasteiger partial charge < -0.3 is 15.4 Å². The van der Waals surface area contributed by atoms with Crippen molar-refractivity contribution in [1.82, 2.24) is 10.2 Å². The normalized spacial score (nSPS) is 10.7. The standard InChI is InChI=1S/C16H19ClN4O2/c1-10(2)23-12-6-4-5-11(7-12)9-21(3)16-13(15(18)22)8-14(17)19-20-16/h4-8,10H,9H2,1-3H3,(H2,18,22). The molecule has 0 spiro atoms. The molecule has 23 heavy (non-hydrogen) atoms. The van der Waals surface area contributed by atoms with Crippen LogP contribution < -0.4 is 15.4 Å². The van der Waals surface area contributed by atoms with Crippen molar-refractivity contribution in [2.45, 2.75) is 26.5 Å². The summed E-state index contributed by atoms with van der Waals surface area (Å²) in [6.07, 6.45) is 0.103. The molecule has 0 saturated carbocycles. The SMILES string of the molecule is CC(C)Oc1cccc(CN(C)c2nnc(Cl)cc2C(N)=O)c1. The Balaban J connectivity index is 2.22. The van der Waals surface area contributed by atoms with Crippen LogP contribution in [0.25, 0.3) is 0 Å². The Morgan fingerprint density at radius 1 is 1.35 bits per heavy atom. The number of nitrogens with two attached hydrogens (primary N) is 1. The number of carbonyl (C=O) groups excluding carboxylic acids is 1. The highest BCUT2D eigenvalue weighted by atomic mass is 35.5. The van der Waals surface area contributed by atoms with Gasteiger partial charge in [-0.3, -0.25) is 4.79 Å². The summed E-state index contributed by atoms with van der Waals surface area (Å²) >= 11 is 5.78. The van der Waals surface area contributed by atoms with Crippen LogP contribution in [0.1, 0.15) is 29.8 Å². The van der Waals surface area contributed by atoms with Gasteiger partial charge in [-0.15, -0.1) is 10.2 Å². The predicted molar refractivity (Wildman–Crippen MR) is 89.9 cm³/mol. The summed E-state index contributed by atoms with van der Waals surface area (Å²) in [6.45, 7) is 4.47. The Morgan fingerprint density at radius 3 is 2.74 bits per heavy atom. The molecule has 0 aliphatic rings.